The molecule has 13 heavy (non-hydrogen) atoms. The van der Waals surface area contributed by atoms with Crippen molar-refractivity contribution in [2.75, 3.05) is 0 Å². The summed E-state index contributed by atoms with van der Waals surface area (Å²) in [6.07, 6.45) is 0. The van der Waals surface area contributed by atoms with Crippen molar-refractivity contribution in [3.8, 4) is 5.75 Å². The first-order valence-corrected chi connectivity index (χ1v) is 5.10. The SMILES string of the molecule is Cc1cc(CS(=O)[O-])cc(C)c1O. The zero-order valence-corrected chi connectivity index (χ0v) is 8.35. The van der Waals surface area contributed by atoms with Gasteiger partial charge in [-0.15, -0.1) is 0 Å². The predicted molar refractivity (Wildman–Crippen MR) is 50.2 cm³/mol. The van der Waals surface area contributed by atoms with E-state index in [9.17, 15) is 13.9 Å². The summed E-state index contributed by atoms with van der Waals surface area (Å²) in [7, 11) is 0. The molecule has 1 aromatic rings. The van der Waals surface area contributed by atoms with Crippen LogP contribution in [0.5, 0.6) is 5.75 Å². The van der Waals surface area contributed by atoms with E-state index in [0.717, 1.165) is 0 Å². The highest BCUT2D eigenvalue weighted by molar-refractivity contribution is 7.78. The summed E-state index contributed by atoms with van der Waals surface area (Å²) in [5, 5.41) is 9.41. The maximum absolute atomic E-state index is 10.4. The number of phenolic OH excluding ortho intramolecular Hbond substituents is 1. The summed E-state index contributed by atoms with van der Waals surface area (Å²) in [4.78, 5) is 0. The molecule has 1 aromatic carbocycles. The van der Waals surface area contributed by atoms with E-state index in [0.29, 0.717) is 16.7 Å². The van der Waals surface area contributed by atoms with Crippen LogP contribution in [0, 0.1) is 13.8 Å². The fourth-order valence-corrected chi connectivity index (χ4v) is 1.70. The Bertz CT molecular complexity index is 324. The van der Waals surface area contributed by atoms with Crippen LogP contribution in [0.15, 0.2) is 12.1 Å². The van der Waals surface area contributed by atoms with Crippen molar-refractivity contribution >= 4 is 11.1 Å². The Morgan fingerprint density at radius 3 is 2.23 bits per heavy atom. The van der Waals surface area contributed by atoms with Gasteiger partial charge >= 0.3 is 0 Å². The quantitative estimate of drug-likeness (QED) is 0.732. The van der Waals surface area contributed by atoms with Crippen LogP contribution in [0.2, 0.25) is 0 Å². The van der Waals surface area contributed by atoms with Gasteiger partial charge in [0.05, 0.1) is 0 Å². The van der Waals surface area contributed by atoms with Gasteiger partial charge < -0.3 is 9.66 Å². The average molecular weight is 199 g/mol. The fraction of sp³-hybridized carbons (Fsp3) is 0.333. The Hall–Kier alpha value is -0.870. The first-order chi connectivity index (χ1) is 6.00. The van der Waals surface area contributed by atoms with Gasteiger partial charge in [0, 0.05) is 5.75 Å². The second kappa shape index (κ2) is 3.89. The van der Waals surface area contributed by atoms with Crippen LogP contribution in [0.3, 0.4) is 0 Å². The Balaban J connectivity index is 3.06. The molecule has 0 aromatic heterocycles. The average Bonchev–Trinajstić information content (AvgIpc) is 1.98. The first-order valence-electron chi connectivity index (χ1n) is 3.85. The monoisotopic (exact) mass is 199 g/mol. The van der Waals surface area contributed by atoms with Crippen molar-refractivity contribution in [3.63, 3.8) is 0 Å². The largest absolute Gasteiger partial charge is 0.772 e. The Labute approximate surface area is 79.7 Å². The molecule has 0 saturated heterocycles. The van der Waals surface area contributed by atoms with E-state index in [4.69, 9.17) is 0 Å². The van der Waals surface area contributed by atoms with Crippen molar-refractivity contribution in [2.45, 2.75) is 19.6 Å². The van der Waals surface area contributed by atoms with Crippen LogP contribution in [-0.4, -0.2) is 13.9 Å². The van der Waals surface area contributed by atoms with Crippen LogP contribution < -0.4 is 0 Å². The van der Waals surface area contributed by atoms with E-state index in [1.54, 1.807) is 26.0 Å². The second-order valence-corrected chi connectivity index (χ2v) is 3.92. The summed E-state index contributed by atoms with van der Waals surface area (Å²) < 4.78 is 20.8. The van der Waals surface area contributed by atoms with E-state index < -0.39 is 11.1 Å². The summed E-state index contributed by atoms with van der Waals surface area (Å²) in [5.41, 5.74) is 2.13. The third kappa shape index (κ3) is 2.54. The molecule has 0 heterocycles. The van der Waals surface area contributed by atoms with Crippen molar-refractivity contribution in [1.82, 2.24) is 0 Å². The molecule has 0 saturated carbocycles. The number of rotatable bonds is 2. The molecular formula is C9H11O3S-. The Morgan fingerprint density at radius 2 is 1.85 bits per heavy atom. The fourth-order valence-electron chi connectivity index (χ4n) is 1.26. The zero-order chi connectivity index (χ0) is 10.0. The number of hydrogen-bond donors (Lipinski definition) is 1. The highest BCUT2D eigenvalue weighted by Gasteiger charge is 2.02. The highest BCUT2D eigenvalue weighted by Crippen LogP contribution is 2.23. The lowest BCUT2D eigenvalue weighted by molar-refractivity contribution is 0.466. The van der Waals surface area contributed by atoms with E-state index in [1.807, 2.05) is 0 Å². The van der Waals surface area contributed by atoms with Gasteiger partial charge in [-0.3, -0.25) is 4.21 Å². The van der Waals surface area contributed by atoms with Crippen LogP contribution >= 0.6 is 0 Å². The minimum atomic E-state index is -2.07. The number of aromatic hydroxyl groups is 1. The molecule has 0 aliphatic carbocycles. The molecule has 0 amide bonds. The maximum atomic E-state index is 10.4. The molecule has 0 aliphatic rings. The minimum Gasteiger partial charge on any atom is -0.772 e. The number of hydrogen-bond acceptors (Lipinski definition) is 3. The third-order valence-corrected chi connectivity index (χ3v) is 2.40. The van der Waals surface area contributed by atoms with Crippen molar-refractivity contribution in [3.05, 3.63) is 28.8 Å². The summed E-state index contributed by atoms with van der Waals surface area (Å²) in [6, 6.07) is 3.36. The highest BCUT2D eigenvalue weighted by atomic mass is 32.2. The van der Waals surface area contributed by atoms with Gasteiger partial charge in [-0.05, 0) is 30.5 Å². The van der Waals surface area contributed by atoms with E-state index in [-0.39, 0.29) is 11.5 Å². The number of aryl methyl sites for hydroxylation is 2. The second-order valence-electron chi connectivity index (χ2n) is 3.03. The van der Waals surface area contributed by atoms with Crippen molar-refractivity contribution in [1.29, 1.82) is 0 Å². The van der Waals surface area contributed by atoms with Crippen LogP contribution in [0.1, 0.15) is 16.7 Å². The molecule has 4 heteroatoms. The number of phenols is 1. The molecule has 72 valence electrons. The predicted octanol–water partition coefficient (Wildman–Crippen LogP) is 1.39. The molecule has 1 N–H and O–H groups in total. The van der Waals surface area contributed by atoms with E-state index >= 15 is 0 Å². The van der Waals surface area contributed by atoms with Gasteiger partial charge in [-0.25, -0.2) is 0 Å². The molecule has 3 nitrogen and oxygen atoms in total. The standard InChI is InChI=1S/C9H12O3S/c1-6-3-8(5-13(11)12)4-7(2)9(6)10/h3-4,10H,5H2,1-2H3,(H,11,12)/p-1. The Morgan fingerprint density at radius 1 is 1.38 bits per heavy atom. The third-order valence-electron chi connectivity index (χ3n) is 1.84. The molecule has 1 rings (SSSR count). The van der Waals surface area contributed by atoms with Crippen LogP contribution in [-0.2, 0) is 16.8 Å². The number of benzene rings is 1. The molecule has 1 unspecified atom stereocenters. The van der Waals surface area contributed by atoms with E-state index in [1.165, 1.54) is 0 Å². The van der Waals surface area contributed by atoms with Crippen LogP contribution in [0.4, 0.5) is 0 Å². The summed E-state index contributed by atoms with van der Waals surface area (Å²) in [5.74, 6) is 0.238. The van der Waals surface area contributed by atoms with Gasteiger partial charge in [0.1, 0.15) is 5.75 Å². The Kier molecular flexibility index (Phi) is 3.06. The zero-order valence-electron chi connectivity index (χ0n) is 7.53. The topological polar surface area (TPSA) is 60.4 Å². The van der Waals surface area contributed by atoms with E-state index in [2.05, 4.69) is 0 Å². The molecule has 0 spiro atoms. The summed E-state index contributed by atoms with van der Waals surface area (Å²) >= 11 is -2.07. The van der Waals surface area contributed by atoms with Crippen LogP contribution in [0.25, 0.3) is 0 Å². The van der Waals surface area contributed by atoms with Gasteiger partial charge in [0.25, 0.3) is 0 Å². The summed E-state index contributed by atoms with van der Waals surface area (Å²) in [6.45, 7) is 3.50. The normalized spacial score (nSPS) is 12.8. The smallest absolute Gasteiger partial charge is 0.121 e. The molecular weight excluding hydrogens is 188 g/mol. The molecule has 1 atom stereocenters. The molecule has 0 radical (unpaired) electrons. The molecule has 0 bridgehead atoms. The van der Waals surface area contributed by atoms with Crippen molar-refractivity contribution in [2.24, 2.45) is 0 Å². The van der Waals surface area contributed by atoms with Crippen molar-refractivity contribution < 1.29 is 13.9 Å². The van der Waals surface area contributed by atoms with Gasteiger partial charge in [0.15, 0.2) is 0 Å². The van der Waals surface area contributed by atoms with Gasteiger partial charge in [-0.1, -0.05) is 23.2 Å². The lowest BCUT2D eigenvalue weighted by Gasteiger charge is -2.09. The van der Waals surface area contributed by atoms with Gasteiger partial charge in [-0.2, -0.15) is 0 Å². The maximum Gasteiger partial charge on any atom is 0.121 e. The molecule has 0 aliphatic heterocycles. The minimum absolute atomic E-state index is 0.00194. The lowest BCUT2D eigenvalue weighted by Crippen LogP contribution is -1.95. The van der Waals surface area contributed by atoms with Gasteiger partial charge in [0.2, 0.25) is 0 Å². The first kappa shape index (κ1) is 10.2. The lowest BCUT2D eigenvalue weighted by atomic mass is 10.1. The molecule has 0 fully saturated rings.